The van der Waals surface area contributed by atoms with Gasteiger partial charge in [-0.1, -0.05) is 135 Å². The van der Waals surface area contributed by atoms with E-state index in [-0.39, 0.29) is 0 Å². The van der Waals surface area contributed by atoms with Crippen LogP contribution in [0.1, 0.15) is 22.3 Å². The molecule has 4 heteroatoms. The average Bonchev–Trinajstić information content (AvgIpc) is 2.73. The Bertz CT molecular complexity index is 1070. The van der Waals surface area contributed by atoms with Crippen LogP contribution in [0.2, 0.25) is 39.3 Å². The molecular formula is C28H32I2Si2. The number of hydrogen-bond acceptors (Lipinski definition) is 0. The lowest BCUT2D eigenvalue weighted by molar-refractivity contribution is 1.51. The molecule has 0 aliphatic rings. The smallest absolute Gasteiger partial charge is 0.0656 e. The summed E-state index contributed by atoms with van der Waals surface area (Å²) in [5.41, 5.74) is 5.10. The van der Waals surface area contributed by atoms with E-state index < -0.39 is 16.1 Å². The van der Waals surface area contributed by atoms with Crippen molar-refractivity contribution in [3.63, 3.8) is 0 Å². The normalized spacial score (nSPS) is 12.8. The monoisotopic (exact) mass is 678 g/mol. The Labute approximate surface area is 223 Å². The first-order chi connectivity index (χ1) is 14.9. The van der Waals surface area contributed by atoms with Gasteiger partial charge in [-0.05, 0) is 67.4 Å². The summed E-state index contributed by atoms with van der Waals surface area (Å²) in [6, 6.07) is 22.5. The Hall–Kier alpha value is -0.966. The Morgan fingerprint density at radius 1 is 0.531 bits per heavy atom. The second-order valence-corrected chi connectivity index (χ2v) is 22.6. The van der Waals surface area contributed by atoms with E-state index in [9.17, 15) is 0 Å². The Kier molecular flexibility index (Phi) is 8.44. The molecule has 166 valence electrons. The van der Waals surface area contributed by atoms with E-state index in [1.54, 1.807) is 0 Å². The molecule has 0 aliphatic carbocycles. The molecule has 0 nitrogen and oxygen atoms in total. The molecular weight excluding hydrogens is 646 g/mol. The summed E-state index contributed by atoms with van der Waals surface area (Å²) in [6.07, 6.45) is 8.99. The van der Waals surface area contributed by atoms with Gasteiger partial charge in [0.15, 0.2) is 0 Å². The Morgan fingerprint density at radius 2 is 0.906 bits per heavy atom. The van der Waals surface area contributed by atoms with Crippen LogP contribution in [0.25, 0.3) is 24.3 Å². The zero-order valence-electron chi connectivity index (χ0n) is 19.8. The molecule has 0 N–H and O–H groups in total. The van der Waals surface area contributed by atoms with Gasteiger partial charge in [-0.3, -0.25) is 0 Å². The van der Waals surface area contributed by atoms with E-state index in [0.29, 0.717) is 0 Å². The first-order valence-electron chi connectivity index (χ1n) is 11.0. The van der Waals surface area contributed by atoms with Crippen molar-refractivity contribution < 1.29 is 0 Å². The number of halogens is 2. The predicted molar refractivity (Wildman–Crippen MR) is 169 cm³/mol. The van der Waals surface area contributed by atoms with Crippen molar-refractivity contribution in [1.29, 1.82) is 0 Å². The summed E-state index contributed by atoms with van der Waals surface area (Å²) in [5, 5.41) is 3.00. The molecule has 32 heavy (non-hydrogen) atoms. The van der Waals surface area contributed by atoms with Gasteiger partial charge in [-0.15, -0.1) is 0 Å². The van der Waals surface area contributed by atoms with Crippen LogP contribution < -0.4 is 10.4 Å². The summed E-state index contributed by atoms with van der Waals surface area (Å²) in [7, 11) is -2.59. The number of benzene rings is 3. The standard InChI is InChI=1S/C28H32I2Si2/c1-31(2,3)25-11-7-9-21(19-25)13-15-23-17-18-24(28(30)27(23)29)16-14-22-10-8-12-26(20-22)32(4,5)6/h7-20H,1-6H3/b15-13-,16-14-. The molecule has 0 fully saturated rings. The van der Waals surface area contributed by atoms with Crippen molar-refractivity contribution in [1.82, 2.24) is 0 Å². The molecule has 0 radical (unpaired) electrons. The summed E-state index contributed by atoms with van der Waals surface area (Å²) in [6.45, 7) is 14.4. The SMILES string of the molecule is C[Si](C)(C)c1cccc(/C=C\c2ccc(/C=C\c3cccc([Si](C)(C)C)c3)c(I)c2I)c1. The summed E-state index contributed by atoms with van der Waals surface area (Å²) in [4.78, 5) is 0. The highest BCUT2D eigenvalue weighted by Gasteiger charge is 2.16. The molecule has 0 saturated carbocycles. The number of hydrogen-bond donors (Lipinski definition) is 0. The third-order valence-corrected chi connectivity index (χ3v) is 13.0. The van der Waals surface area contributed by atoms with Gasteiger partial charge in [-0.25, -0.2) is 0 Å². The van der Waals surface area contributed by atoms with Gasteiger partial charge >= 0.3 is 0 Å². The van der Waals surface area contributed by atoms with E-state index in [1.165, 1.54) is 39.8 Å². The zero-order chi connectivity index (χ0) is 23.5. The van der Waals surface area contributed by atoms with Crippen LogP contribution in [0.4, 0.5) is 0 Å². The van der Waals surface area contributed by atoms with Crippen LogP contribution in [-0.2, 0) is 0 Å². The van der Waals surface area contributed by atoms with E-state index in [1.807, 2.05) is 0 Å². The fourth-order valence-electron chi connectivity index (χ4n) is 3.43. The van der Waals surface area contributed by atoms with Gasteiger partial charge in [-0.2, -0.15) is 0 Å². The predicted octanol–water partition coefficient (Wildman–Crippen LogP) is 8.33. The van der Waals surface area contributed by atoms with Gasteiger partial charge in [0.05, 0.1) is 16.1 Å². The minimum absolute atomic E-state index is 1.27. The summed E-state index contributed by atoms with van der Waals surface area (Å²) >= 11 is 4.97. The molecule has 3 aromatic rings. The lowest BCUT2D eigenvalue weighted by Gasteiger charge is -2.16. The van der Waals surface area contributed by atoms with Gasteiger partial charge in [0.2, 0.25) is 0 Å². The molecule has 3 aromatic carbocycles. The van der Waals surface area contributed by atoms with Gasteiger partial charge in [0.1, 0.15) is 0 Å². The first-order valence-corrected chi connectivity index (χ1v) is 20.2. The molecule has 0 amide bonds. The molecule has 0 bridgehead atoms. The van der Waals surface area contributed by atoms with E-state index in [4.69, 9.17) is 0 Å². The molecule has 0 aliphatic heterocycles. The maximum Gasteiger partial charge on any atom is 0.0776 e. The van der Waals surface area contributed by atoms with Crippen LogP contribution in [0.3, 0.4) is 0 Å². The average molecular weight is 679 g/mol. The van der Waals surface area contributed by atoms with E-state index in [2.05, 4.69) is 169 Å². The van der Waals surface area contributed by atoms with Crippen LogP contribution in [0.15, 0.2) is 60.7 Å². The van der Waals surface area contributed by atoms with Crippen molar-refractivity contribution in [2.75, 3.05) is 0 Å². The second-order valence-electron chi connectivity index (χ2n) is 10.3. The number of rotatable bonds is 6. The molecule has 0 unspecified atom stereocenters. The maximum atomic E-state index is 2.48. The van der Waals surface area contributed by atoms with Crippen LogP contribution in [-0.4, -0.2) is 16.1 Å². The topological polar surface area (TPSA) is 0 Å². The minimum atomic E-state index is -1.29. The molecule has 3 rings (SSSR count). The second kappa shape index (κ2) is 10.5. The van der Waals surface area contributed by atoms with Gasteiger partial charge in [0.25, 0.3) is 0 Å². The van der Waals surface area contributed by atoms with Gasteiger partial charge in [0, 0.05) is 7.14 Å². The third-order valence-electron chi connectivity index (χ3n) is 5.56. The molecule has 0 heterocycles. The fraction of sp³-hybridized carbons (Fsp3) is 0.214. The van der Waals surface area contributed by atoms with E-state index >= 15 is 0 Å². The van der Waals surface area contributed by atoms with Crippen molar-refractivity contribution in [3.8, 4) is 0 Å². The highest BCUT2D eigenvalue weighted by atomic mass is 127. The Balaban J connectivity index is 1.83. The third kappa shape index (κ3) is 6.77. The summed E-state index contributed by atoms with van der Waals surface area (Å²) in [5.74, 6) is 0. The van der Waals surface area contributed by atoms with Crippen LogP contribution in [0, 0.1) is 7.14 Å². The fourth-order valence-corrected chi connectivity index (χ4v) is 7.16. The summed E-state index contributed by atoms with van der Waals surface area (Å²) < 4.78 is 2.61. The lowest BCUT2D eigenvalue weighted by atomic mass is 10.1. The van der Waals surface area contributed by atoms with Crippen molar-refractivity contribution in [3.05, 3.63) is 90.1 Å². The maximum absolute atomic E-state index is 2.48. The highest BCUT2D eigenvalue weighted by molar-refractivity contribution is 14.1. The van der Waals surface area contributed by atoms with Crippen molar-refractivity contribution in [2.24, 2.45) is 0 Å². The van der Waals surface area contributed by atoms with Crippen LogP contribution >= 0.6 is 45.2 Å². The van der Waals surface area contributed by atoms with Crippen molar-refractivity contribution >= 4 is 96.0 Å². The van der Waals surface area contributed by atoms with Crippen molar-refractivity contribution in [2.45, 2.75) is 39.3 Å². The van der Waals surface area contributed by atoms with Crippen LogP contribution in [0.5, 0.6) is 0 Å². The molecule has 0 aromatic heterocycles. The zero-order valence-corrected chi connectivity index (χ0v) is 26.2. The molecule has 0 atom stereocenters. The molecule has 0 saturated heterocycles. The van der Waals surface area contributed by atoms with Gasteiger partial charge < -0.3 is 0 Å². The highest BCUT2D eigenvalue weighted by Crippen LogP contribution is 2.26. The first kappa shape index (κ1) is 25.7. The lowest BCUT2D eigenvalue weighted by Crippen LogP contribution is -2.37. The molecule has 0 spiro atoms. The minimum Gasteiger partial charge on any atom is -0.0656 e. The Morgan fingerprint density at radius 3 is 1.25 bits per heavy atom. The van der Waals surface area contributed by atoms with E-state index in [0.717, 1.165) is 0 Å². The quantitative estimate of drug-likeness (QED) is 0.140. The largest absolute Gasteiger partial charge is 0.0776 e.